The molecule has 0 radical (unpaired) electrons. The minimum atomic E-state index is -1.15. The number of nitrogens with zero attached hydrogens (tertiary/aromatic N) is 1. The summed E-state index contributed by atoms with van der Waals surface area (Å²) in [5.74, 6) is -1.77. The zero-order valence-electron chi connectivity index (χ0n) is 20.7. The largest absolute Gasteiger partial charge is 0.383 e. The van der Waals surface area contributed by atoms with Crippen LogP contribution in [0.5, 0.6) is 0 Å². The van der Waals surface area contributed by atoms with Crippen LogP contribution in [0.25, 0.3) is 0 Å². The van der Waals surface area contributed by atoms with Crippen molar-refractivity contribution in [3.63, 3.8) is 0 Å². The number of anilines is 1. The fourth-order valence-corrected chi connectivity index (χ4v) is 6.44. The Morgan fingerprint density at radius 1 is 1.23 bits per heavy atom. The molecule has 8 heteroatoms. The molecule has 3 fully saturated rings. The third-order valence-corrected chi connectivity index (χ3v) is 8.19. The normalized spacial score (nSPS) is 35.3. The fraction of sp³-hybridized carbons (Fsp3) is 0.593. The highest BCUT2D eigenvalue weighted by atomic mass is 16.5. The third-order valence-electron chi connectivity index (χ3n) is 8.19. The Balaban J connectivity index is 1.43. The van der Waals surface area contributed by atoms with E-state index in [4.69, 9.17) is 9.47 Å². The summed E-state index contributed by atoms with van der Waals surface area (Å²) in [6.07, 6.45) is 7.42. The van der Waals surface area contributed by atoms with E-state index >= 15 is 0 Å². The van der Waals surface area contributed by atoms with Gasteiger partial charge in [0.2, 0.25) is 17.7 Å². The molecule has 2 saturated heterocycles. The number of nitrogens with one attached hydrogen (secondary N) is 2. The van der Waals surface area contributed by atoms with Crippen LogP contribution >= 0.6 is 0 Å². The first-order chi connectivity index (χ1) is 16.9. The summed E-state index contributed by atoms with van der Waals surface area (Å²) in [5, 5.41) is 6.19. The molecule has 7 atom stereocenters. The molecule has 1 saturated carbocycles. The van der Waals surface area contributed by atoms with Crippen LogP contribution in [0.2, 0.25) is 0 Å². The Hall–Kier alpha value is -2.71. The van der Waals surface area contributed by atoms with Crippen molar-refractivity contribution in [2.45, 2.75) is 63.3 Å². The van der Waals surface area contributed by atoms with E-state index in [2.05, 4.69) is 17.6 Å². The molecule has 0 aromatic heterocycles. The summed E-state index contributed by atoms with van der Waals surface area (Å²) in [6, 6.07) is 6.80. The molecule has 3 aliphatic heterocycles. The van der Waals surface area contributed by atoms with Gasteiger partial charge in [0.25, 0.3) is 0 Å². The number of carbonyl (C=O) groups excluding carboxylic acids is 3. The van der Waals surface area contributed by atoms with Crippen molar-refractivity contribution in [3.8, 4) is 0 Å². The molecule has 35 heavy (non-hydrogen) atoms. The molecule has 1 aromatic rings. The number of rotatable bonds is 7. The van der Waals surface area contributed by atoms with E-state index in [1.807, 2.05) is 43.3 Å². The predicted molar refractivity (Wildman–Crippen MR) is 130 cm³/mol. The number of fused-ring (bicyclic) bond motifs is 1. The van der Waals surface area contributed by atoms with Gasteiger partial charge >= 0.3 is 0 Å². The fourth-order valence-electron chi connectivity index (χ4n) is 6.44. The quantitative estimate of drug-likeness (QED) is 0.583. The summed E-state index contributed by atoms with van der Waals surface area (Å²) in [6.45, 7) is 4.68. The maximum Gasteiger partial charge on any atom is 0.246 e. The second-order valence-electron chi connectivity index (χ2n) is 10.5. The number of likely N-dealkylation sites (tertiary alicyclic amines) is 1. The van der Waals surface area contributed by atoms with Crippen LogP contribution in [0.3, 0.4) is 0 Å². The number of ether oxygens (including phenoxy) is 2. The minimum Gasteiger partial charge on any atom is -0.383 e. The van der Waals surface area contributed by atoms with Gasteiger partial charge in [0, 0.05) is 25.4 Å². The Morgan fingerprint density at radius 2 is 2.03 bits per heavy atom. The van der Waals surface area contributed by atoms with Crippen molar-refractivity contribution in [3.05, 3.63) is 42.0 Å². The van der Waals surface area contributed by atoms with Gasteiger partial charge in [-0.3, -0.25) is 14.4 Å². The van der Waals surface area contributed by atoms with E-state index in [9.17, 15) is 14.4 Å². The highest BCUT2D eigenvalue weighted by molar-refractivity contribution is 6.02. The molecule has 1 spiro atoms. The van der Waals surface area contributed by atoms with E-state index < -0.39 is 29.6 Å². The maximum atomic E-state index is 13.8. The number of hydrogen-bond acceptors (Lipinski definition) is 5. The number of amides is 3. The number of benzene rings is 1. The Labute approximate surface area is 206 Å². The lowest BCUT2D eigenvalue weighted by Crippen LogP contribution is -2.57. The van der Waals surface area contributed by atoms with Crippen LogP contribution in [0, 0.1) is 24.7 Å². The number of methoxy groups -OCH3 is 1. The van der Waals surface area contributed by atoms with E-state index in [0.717, 1.165) is 24.8 Å². The molecule has 1 aromatic carbocycles. The van der Waals surface area contributed by atoms with Gasteiger partial charge in [0.1, 0.15) is 11.6 Å². The topological polar surface area (TPSA) is 97.0 Å². The summed E-state index contributed by atoms with van der Waals surface area (Å²) >= 11 is 0. The van der Waals surface area contributed by atoms with E-state index in [-0.39, 0.29) is 30.3 Å². The Morgan fingerprint density at radius 3 is 2.77 bits per heavy atom. The molecule has 188 valence electrons. The Bertz CT molecular complexity index is 1040. The van der Waals surface area contributed by atoms with Crippen molar-refractivity contribution in [1.82, 2.24) is 10.2 Å². The van der Waals surface area contributed by atoms with E-state index in [1.54, 1.807) is 12.0 Å². The minimum absolute atomic E-state index is 0.0778. The van der Waals surface area contributed by atoms with Gasteiger partial charge in [-0.2, -0.15) is 0 Å². The SMILES string of the molecule is COCCN1C(=O)[C@H]2C(C(=O)Nc3cccc(C)c3)[C@H]3C=CC2(O3)C1C(=O)NC1CCCCC1C. The average Bonchev–Trinajstić information content (AvgIpc) is 3.46. The van der Waals surface area contributed by atoms with Crippen molar-refractivity contribution in [2.75, 3.05) is 25.6 Å². The van der Waals surface area contributed by atoms with Crippen LogP contribution in [-0.4, -0.2) is 66.7 Å². The summed E-state index contributed by atoms with van der Waals surface area (Å²) in [5.41, 5.74) is 0.560. The van der Waals surface area contributed by atoms with Crippen molar-refractivity contribution in [2.24, 2.45) is 17.8 Å². The number of carbonyl (C=O) groups is 3. The van der Waals surface area contributed by atoms with Crippen molar-refractivity contribution in [1.29, 1.82) is 0 Å². The standard InChI is InChI=1S/C27H35N3O5/c1-16-7-6-9-18(15-16)28-24(31)21-20-11-12-27(35-20)22(21)26(33)30(13-14-34-3)23(27)25(32)29-19-10-5-4-8-17(19)2/h6-7,9,11-12,15,17,19-23H,4-5,8,10,13-14H2,1-3H3,(H,28,31)(H,29,32)/t17?,19?,20-,21?,22-,23?,27?/m1/s1. The number of hydrogen-bond donors (Lipinski definition) is 2. The van der Waals surface area contributed by atoms with Gasteiger partial charge in [0.15, 0.2) is 0 Å². The van der Waals surface area contributed by atoms with Crippen LogP contribution in [0.1, 0.15) is 38.2 Å². The van der Waals surface area contributed by atoms with Gasteiger partial charge in [0.05, 0.1) is 24.5 Å². The van der Waals surface area contributed by atoms with Crippen molar-refractivity contribution >= 4 is 23.4 Å². The van der Waals surface area contributed by atoms with Crippen LogP contribution in [0.4, 0.5) is 5.69 Å². The van der Waals surface area contributed by atoms with E-state index in [0.29, 0.717) is 18.2 Å². The van der Waals surface area contributed by atoms with Crippen LogP contribution in [0.15, 0.2) is 36.4 Å². The third kappa shape index (κ3) is 4.06. The molecular weight excluding hydrogens is 446 g/mol. The maximum absolute atomic E-state index is 13.8. The van der Waals surface area contributed by atoms with Gasteiger partial charge in [-0.25, -0.2) is 0 Å². The van der Waals surface area contributed by atoms with Gasteiger partial charge < -0.3 is 25.0 Å². The lowest BCUT2D eigenvalue weighted by atomic mass is 9.74. The monoisotopic (exact) mass is 481 g/mol. The predicted octanol–water partition coefficient (Wildman–Crippen LogP) is 2.43. The van der Waals surface area contributed by atoms with Crippen LogP contribution in [-0.2, 0) is 23.9 Å². The highest BCUT2D eigenvalue weighted by Crippen LogP contribution is 2.55. The molecule has 4 aliphatic rings. The first-order valence-corrected chi connectivity index (χ1v) is 12.7. The molecule has 5 unspecified atom stereocenters. The second-order valence-corrected chi connectivity index (χ2v) is 10.5. The average molecular weight is 482 g/mol. The zero-order valence-corrected chi connectivity index (χ0v) is 20.7. The molecular formula is C27H35N3O5. The lowest BCUT2D eigenvalue weighted by Gasteiger charge is -2.35. The molecule has 1 aliphatic carbocycles. The molecule has 3 amide bonds. The van der Waals surface area contributed by atoms with Gasteiger partial charge in [-0.15, -0.1) is 0 Å². The lowest BCUT2D eigenvalue weighted by molar-refractivity contribution is -0.142. The second kappa shape index (κ2) is 9.39. The molecule has 5 rings (SSSR count). The first kappa shape index (κ1) is 24.0. The van der Waals surface area contributed by atoms with Gasteiger partial charge in [-0.05, 0) is 43.4 Å². The molecule has 2 N–H and O–H groups in total. The summed E-state index contributed by atoms with van der Waals surface area (Å²) in [4.78, 5) is 42.5. The smallest absolute Gasteiger partial charge is 0.246 e. The zero-order chi connectivity index (χ0) is 24.7. The Kier molecular flexibility index (Phi) is 6.44. The summed E-state index contributed by atoms with van der Waals surface area (Å²) in [7, 11) is 1.57. The molecule has 2 bridgehead atoms. The first-order valence-electron chi connectivity index (χ1n) is 12.7. The summed E-state index contributed by atoms with van der Waals surface area (Å²) < 4.78 is 11.6. The highest BCUT2D eigenvalue weighted by Gasteiger charge is 2.72. The van der Waals surface area contributed by atoms with E-state index in [1.165, 1.54) is 6.42 Å². The molecule has 3 heterocycles. The number of aryl methyl sites for hydroxylation is 1. The van der Waals surface area contributed by atoms with Crippen molar-refractivity contribution < 1.29 is 23.9 Å². The molecule has 8 nitrogen and oxygen atoms in total. The van der Waals surface area contributed by atoms with Crippen LogP contribution < -0.4 is 10.6 Å². The van der Waals surface area contributed by atoms with Gasteiger partial charge in [-0.1, -0.05) is 44.1 Å².